The van der Waals surface area contributed by atoms with Crippen molar-refractivity contribution in [1.82, 2.24) is 4.98 Å². The Bertz CT molecular complexity index is 323. The molecule has 1 aromatic heterocycles. The van der Waals surface area contributed by atoms with Gasteiger partial charge in [0.25, 0.3) is 0 Å². The second kappa shape index (κ2) is 5.73. The summed E-state index contributed by atoms with van der Waals surface area (Å²) >= 11 is 0. The van der Waals surface area contributed by atoms with Crippen LogP contribution in [0, 0.1) is 5.92 Å². The normalized spacial score (nSPS) is 14.8. The summed E-state index contributed by atoms with van der Waals surface area (Å²) in [5.74, 6) is 1.80. The Morgan fingerprint density at radius 2 is 2.31 bits per heavy atom. The lowest BCUT2D eigenvalue weighted by atomic mass is 10.3. The molecule has 1 fully saturated rings. The second-order valence-electron chi connectivity index (χ2n) is 4.42. The molecule has 0 aliphatic heterocycles. The zero-order valence-corrected chi connectivity index (χ0v) is 9.91. The first kappa shape index (κ1) is 11.2. The molecule has 0 aromatic carbocycles. The van der Waals surface area contributed by atoms with Gasteiger partial charge in [0.1, 0.15) is 5.75 Å². The number of nitrogens with zero attached hydrogens (tertiary/aromatic N) is 1. The third-order valence-electron chi connectivity index (χ3n) is 2.78. The molecule has 2 rings (SSSR count). The van der Waals surface area contributed by atoms with Gasteiger partial charge in [-0.1, -0.05) is 19.8 Å². The Hall–Kier alpha value is -1.25. The van der Waals surface area contributed by atoms with E-state index < -0.39 is 0 Å². The second-order valence-corrected chi connectivity index (χ2v) is 4.42. The molecule has 1 heterocycles. The molecule has 0 bridgehead atoms. The lowest BCUT2D eigenvalue weighted by molar-refractivity contribution is 0.301. The van der Waals surface area contributed by atoms with Crippen LogP contribution in [0.5, 0.6) is 5.75 Å². The zero-order chi connectivity index (χ0) is 11.2. The van der Waals surface area contributed by atoms with Crippen molar-refractivity contribution in [3.05, 3.63) is 18.5 Å². The predicted octanol–water partition coefficient (Wildman–Crippen LogP) is 3.08. The molecule has 88 valence electrons. The molecule has 0 amide bonds. The molecular weight excluding hydrogens is 200 g/mol. The maximum absolute atomic E-state index is 5.67. The molecule has 3 nitrogen and oxygen atoms in total. The summed E-state index contributed by atoms with van der Waals surface area (Å²) in [5, 5.41) is 3.30. The Kier molecular flexibility index (Phi) is 4.03. The van der Waals surface area contributed by atoms with Crippen LogP contribution in [0.15, 0.2) is 18.5 Å². The van der Waals surface area contributed by atoms with Crippen molar-refractivity contribution in [2.75, 3.05) is 18.5 Å². The van der Waals surface area contributed by atoms with Crippen molar-refractivity contribution in [2.24, 2.45) is 5.92 Å². The number of nitrogens with one attached hydrogen (secondary N) is 1. The monoisotopic (exact) mass is 220 g/mol. The van der Waals surface area contributed by atoms with Crippen LogP contribution >= 0.6 is 0 Å². The smallest absolute Gasteiger partial charge is 0.139 e. The number of anilines is 1. The van der Waals surface area contributed by atoms with E-state index in [4.69, 9.17) is 4.74 Å². The Labute approximate surface area is 97.2 Å². The van der Waals surface area contributed by atoms with Crippen molar-refractivity contribution < 1.29 is 4.74 Å². The van der Waals surface area contributed by atoms with Crippen LogP contribution in [0.25, 0.3) is 0 Å². The fourth-order valence-corrected chi connectivity index (χ4v) is 1.61. The molecule has 1 aromatic rings. The summed E-state index contributed by atoms with van der Waals surface area (Å²) in [4.78, 5) is 4.16. The van der Waals surface area contributed by atoms with Gasteiger partial charge in [0.05, 0.1) is 24.7 Å². The maximum Gasteiger partial charge on any atom is 0.139 e. The minimum Gasteiger partial charge on any atom is -0.492 e. The third-order valence-corrected chi connectivity index (χ3v) is 2.78. The van der Waals surface area contributed by atoms with E-state index in [9.17, 15) is 0 Å². The van der Waals surface area contributed by atoms with E-state index in [1.165, 1.54) is 19.3 Å². The van der Waals surface area contributed by atoms with Gasteiger partial charge < -0.3 is 10.1 Å². The van der Waals surface area contributed by atoms with Crippen LogP contribution in [0.2, 0.25) is 0 Å². The summed E-state index contributed by atoms with van der Waals surface area (Å²) in [6.45, 7) is 3.95. The minimum atomic E-state index is 0.823. The van der Waals surface area contributed by atoms with Crippen LogP contribution in [0.3, 0.4) is 0 Å². The average Bonchev–Trinajstić information content (AvgIpc) is 3.11. The highest BCUT2D eigenvalue weighted by molar-refractivity contribution is 5.44. The summed E-state index contributed by atoms with van der Waals surface area (Å²) in [5.41, 5.74) is 1.05. The van der Waals surface area contributed by atoms with Gasteiger partial charge in [-0.15, -0.1) is 0 Å². The summed E-state index contributed by atoms with van der Waals surface area (Å²) in [6.07, 6.45) is 8.70. The molecule has 1 aliphatic rings. The minimum absolute atomic E-state index is 0.823. The van der Waals surface area contributed by atoms with E-state index in [1.54, 1.807) is 6.20 Å². The van der Waals surface area contributed by atoms with Crippen molar-refractivity contribution >= 4 is 5.69 Å². The lowest BCUT2D eigenvalue weighted by Crippen LogP contribution is -2.02. The zero-order valence-electron chi connectivity index (χ0n) is 9.91. The van der Waals surface area contributed by atoms with Crippen LogP contribution in [-0.2, 0) is 0 Å². The SMILES string of the molecule is CCCNc1cncc(OCCC2CC2)c1. The van der Waals surface area contributed by atoms with E-state index in [2.05, 4.69) is 17.2 Å². The standard InChI is InChI=1S/C13H20N2O/c1-2-6-15-12-8-13(10-14-9-12)16-7-5-11-3-4-11/h8-11,15H,2-7H2,1H3. The van der Waals surface area contributed by atoms with Gasteiger partial charge in [0, 0.05) is 12.6 Å². The Morgan fingerprint density at radius 1 is 1.44 bits per heavy atom. The predicted molar refractivity (Wildman–Crippen MR) is 65.9 cm³/mol. The van der Waals surface area contributed by atoms with Gasteiger partial charge in [-0.2, -0.15) is 0 Å². The van der Waals surface area contributed by atoms with Crippen LogP contribution in [-0.4, -0.2) is 18.1 Å². The van der Waals surface area contributed by atoms with Crippen molar-refractivity contribution in [3.63, 3.8) is 0 Å². The number of rotatable bonds is 7. The van der Waals surface area contributed by atoms with E-state index in [-0.39, 0.29) is 0 Å². The molecule has 0 unspecified atom stereocenters. The highest BCUT2D eigenvalue weighted by Crippen LogP contribution is 2.32. The van der Waals surface area contributed by atoms with Gasteiger partial charge in [-0.25, -0.2) is 0 Å². The molecule has 0 saturated heterocycles. The molecule has 1 saturated carbocycles. The lowest BCUT2D eigenvalue weighted by Gasteiger charge is -2.08. The summed E-state index contributed by atoms with van der Waals surface area (Å²) < 4.78 is 5.67. The van der Waals surface area contributed by atoms with Gasteiger partial charge in [-0.3, -0.25) is 4.98 Å². The van der Waals surface area contributed by atoms with Crippen molar-refractivity contribution in [2.45, 2.75) is 32.6 Å². The third kappa shape index (κ3) is 3.72. The molecule has 0 atom stereocenters. The topological polar surface area (TPSA) is 34.2 Å². The van der Waals surface area contributed by atoms with Gasteiger partial charge >= 0.3 is 0 Å². The van der Waals surface area contributed by atoms with Gasteiger partial charge in [0.2, 0.25) is 0 Å². The largest absolute Gasteiger partial charge is 0.492 e. The van der Waals surface area contributed by atoms with Crippen LogP contribution in [0.1, 0.15) is 32.6 Å². The van der Waals surface area contributed by atoms with Crippen molar-refractivity contribution in [3.8, 4) is 5.75 Å². The van der Waals surface area contributed by atoms with Gasteiger partial charge in [0.15, 0.2) is 0 Å². The molecule has 1 N–H and O–H groups in total. The molecule has 0 radical (unpaired) electrons. The molecule has 0 spiro atoms. The first-order valence-corrected chi connectivity index (χ1v) is 6.20. The highest BCUT2D eigenvalue weighted by Gasteiger charge is 2.20. The fourth-order valence-electron chi connectivity index (χ4n) is 1.61. The van der Waals surface area contributed by atoms with Crippen LogP contribution < -0.4 is 10.1 Å². The molecular formula is C13H20N2O. The Balaban J connectivity index is 1.77. The van der Waals surface area contributed by atoms with Crippen LogP contribution in [0.4, 0.5) is 5.69 Å². The van der Waals surface area contributed by atoms with E-state index >= 15 is 0 Å². The van der Waals surface area contributed by atoms with Gasteiger partial charge in [-0.05, 0) is 18.8 Å². The summed E-state index contributed by atoms with van der Waals surface area (Å²) in [7, 11) is 0. The Morgan fingerprint density at radius 3 is 3.06 bits per heavy atom. The number of aromatic nitrogens is 1. The quantitative estimate of drug-likeness (QED) is 0.766. The number of ether oxygens (including phenoxy) is 1. The van der Waals surface area contributed by atoms with E-state index in [0.717, 1.165) is 36.9 Å². The number of hydrogen-bond donors (Lipinski definition) is 1. The number of hydrogen-bond acceptors (Lipinski definition) is 3. The maximum atomic E-state index is 5.67. The molecule has 1 aliphatic carbocycles. The highest BCUT2D eigenvalue weighted by atomic mass is 16.5. The number of pyridine rings is 1. The first-order chi connectivity index (χ1) is 7.88. The molecule has 3 heteroatoms. The molecule has 16 heavy (non-hydrogen) atoms. The average molecular weight is 220 g/mol. The van der Waals surface area contributed by atoms with E-state index in [1.807, 2.05) is 12.3 Å². The van der Waals surface area contributed by atoms with E-state index in [0.29, 0.717) is 0 Å². The summed E-state index contributed by atoms with van der Waals surface area (Å²) in [6, 6.07) is 2.02. The van der Waals surface area contributed by atoms with Crippen molar-refractivity contribution in [1.29, 1.82) is 0 Å². The first-order valence-electron chi connectivity index (χ1n) is 6.20. The fraction of sp³-hybridized carbons (Fsp3) is 0.615.